The summed E-state index contributed by atoms with van der Waals surface area (Å²) in [7, 11) is 0. The van der Waals surface area contributed by atoms with Crippen LogP contribution in [0.1, 0.15) is 43.1 Å². The summed E-state index contributed by atoms with van der Waals surface area (Å²) in [6.45, 7) is 7.18. The summed E-state index contributed by atoms with van der Waals surface area (Å²) in [6.07, 6.45) is -0.164. The van der Waals surface area contributed by atoms with E-state index < -0.39 is 18.1 Å². The Morgan fingerprint density at radius 3 is 2.09 bits per heavy atom. The molecule has 6 nitrogen and oxygen atoms in total. The highest BCUT2D eigenvalue weighted by molar-refractivity contribution is 5.97. The molecule has 0 aliphatic carbocycles. The SMILES string of the molecule is Cc1ccc(C(=O)NC(C(=O)NC(C)CC(=O)O)C(C)C)cc1. The molecular formula is C17H24N2O4. The first kappa shape index (κ1) is 18.7. The van der Waals surface area contributed by atoms with Crippen molar-refractivity contribution in [3.63, 3.8) is 0 Å². The van der Waals surface area contributed by atoms with E-state index in [-0.39, 0.29) is 24.2 Å². The average Bonchev–Trinajstić information content (AvgIpc) is 2.43. The number of benzene rings is 1. The standard InChI is InChI=1S/C17H24N2O4/c1-10(2)15(17(23)18-12(4)9-14(20)21)19-16(22)13-7-5-11(3)6-8-13/h5-8,10,12,15H,9H2,1-4H3,(H,18,23)(H,19,22)(H,20,21). The number of aliphatic carboxylic acids is 1. The van der Waals surface area contributed by atoms with E-state index in [9.17, 15) is 14.4 Å². The second-order valence-electron chi connectivity index (χ2n) is 6.07. The Morgan fingerprint density at radius 1 is 1.04 bits per heavy atom. The van der Waals surface area contributed by atoms with Gasteiger partial charge in [0.2, 0.25) is 5.91 Å². The fraction of sp³-hybridized carbons (Fsp3) is 0.471. The van der Waals surface area contributed by atoms with Gasteiger partial charge in [0.1, 0.15) is 6.04 Å². The first-order chi connectivity index (χ1) is 10.7. The van der Waals surface area contributed by atoms with Gasteiger partial charge >= 0.3 is 5.97 Å². The summed E-state index contributed by atoms with van der Waals surface area (Å²) in [4.78, 5) is 35.2. The number of carboxylic acids is 1. The molecule has 23 heavy (non-hydrogen) atoms. The van der Waals surface area contributed by atoms with E-state index in [0.717, 1.165) is 5.56 Å². The van der Waals surface area contributed by atoms with Gasteiger partial charge in [-0.1, -0.05) is 31.5 Å². The number of nitrogens with one attached hydrogen (secondary N) is 2. The highest BCUT2D eigenvalue weighted by atomic mass is 16.4. The van der Waals surface area contributed by atoms with Gasteiger partial charge in [0.05, 0.1) is 6.42 Å². The van der Waals surface area contributed by atoms with Crippen LogP contribution in [0, 0.1) is 12.8 Å². The molecule has 0 aliphatic heterocycles. The van der Waals surface area contributed by atoms with Crippen molar-refractivity contribution in [2.75, 3.05) is 0 Å². The maximum absolute atomic E-state index is 12.3. The Balaban J connectivity index is 2.74. The Hall–Kier alpha value is -2.37. The minimum atomic E-state index is -0.984. The molecule has 0 saturated heterocycles. The molecule has 0 radical (unpaired) electrons. The summed E-state index contributed by atoms with van der Waals surface area (Å²) < 4.78 is 0. The molecule has 1 aromatic rings. The number of hydrogen-bond donors (Lipinski definition) is 3. The third kappa shape index (κ3) is 6.10. The van der Waals surface area contributed by atoms with Crippen LogP contribution in [0.5, 0.6) is 0 Å². The summed E-state index contributed by atoms with van der Waals surface area (Å²) in [5.41, 5.74) is 1.52. The summed E-state index contributed by atoms with van der Waals surface area (Å²) in [6, 6.07) is 5.83. The molecule has 1 rings (SSSR count). The smallest absolute Gasteiger partial charge is 0.305 e. The van der Waals surface area contributed by atoms with Gasteiger partial charge in [-0.05, 0) is 31.9 Å². The predicted molar refractivity (Wildman–Crippen MR) is 87.1 cm³/mol. The van der Waals surface area contributed by atoms with Gasteiger partial charge in [0, 0.05) is 11.6 Å². The first-order valence-corrected chi connectivity index (χ1v) is 7.60. The van der Waals surface area contributed by atoms with Crippen molar-refractivity contribution < 1.29 is 19.5 Å². The fourth-order valence-electron chi connectivity index (χ4n) is 2.11. The molecule has 0 heterocycles. The van der Waals surface area contributed by atoms with Crippen molar-refractivity contribution in [2.24, 2.45) is 5.92 Å². The second-order valence-corrected chi connectivity index (χ2v) is 6.07. The van der Waals surface area contributed by atoms with E-state index in [2.05, 4.69) is 10.6 Å². The maximum atomic E-state index is 12.3. The molecule has 3 N–H and O–H groups in total. The average molecular weight is 320 g/mol. The Morgan fingerprint density at radius 2 is 1.61 bits per heavy atom. The lowest BCUT2D eigenvalue weighted by atomic mass is 10.0. The van der Waals surface area contributed by atoms with Gasteiger partial charge in [-0.25, -0.2) is 0 Å². The molecule has 2 amide bonds. The lowest BCUT2D eigenvalue weighted by molar-refractivity contribution is -0.137. The molecule has 0 saturated carbocycles. The molecule has 0 aromatic heterocycles. The third-order valence-electron chi connectivity index (χ3n) is 3.42. The molecule has 6 heteroatoms. The van der Waals surface area contributed by atoms with Crippen LogP contribution < -0.4 is 10.6 Å². The number of carboxylic acid groups (broad SMARTS) is 1. The van der Waals surface area contributed by atoms with Crippen LogP contribution >= 0.6 is 0 Å². The van der Waals surface area contributed by atoms with Crippen LogP contribution in [0.2, 0.25) is 0 Å². The normalized spacial score (nSPS) is 13.3. The zero-order chi connectivity index (χ0) is 17.6. The van der Waals surface area contributed by atoms with Gasteiger partial charge in [0.25, 0.3) is 5.91 Å². The fourth-order valence-corrected chi connectivity index (χ4v) is 2.11. The topological polar surface area (TPSA) is 95.5 Å². The minimum absolute atomic E-state index is 0.124. The van der Waals surface area contributed by atoms with E-state index in [0.29, 0.717) is 5.56 Å². The molecule has 1 aromatic carbocycles. The first-order valence-electron chi connectivity index (χ1n) is 7.60. The van der Waals surface area contributed by atoms with Gasteiger partial charge in [-0.15, -0.1) is 0 Å². The lowest BCUT2D eigenvalue weighted by Crippen LogP contribution is -2.51. The summed E-state index contributed by atoms with van der Waals surface area (Å²) >= 11 is 0. The third-order valence-corrected chi connectivity index (χ3v) is 3.42. The van der Waals surface area contributed by atoms with E-state index >= 15 is 0 Å². The number of aryl methyl sites for hydroxylation is 1. The van der Waals surface area contributed by atoms with Crippen LogP contribution in [-0.4, -0.2) is 35.0 Å². The Labute approximate surface area is 136 Å². The maximum Gasteiger partial charge on any atom is 0.305 e. The van der Waals surface area contributed by atoms with E-state index in [1.807, 2.05) is 32.9 Å². The van der Waals surface area contributed by atoms with E-state index in [1.165, 1.54) is 0 Å². The van der Waals surface area contributed by atoms with Crippen LogP contribution in [0.4, 0.5) is 0 Å². The van der Waals surface area contributed by atoms with Crippen molar-refractivity contribution in [1.29, 1.82) is 0 Å². The van der Waals surface area contributed by atoms with Gasteiger partial charge in [-0.2, -0.15) is 0 Å². The minimum Gasteiger partial charge on any atom is -0.481 e. The number of carbonyl (C=O) groups excluding carboxylic acids is 2. The number of amides is 2. The molecule has 0 spiro atoms. The van der Waals surface area contributed by atoms with Crippen LogP contribution in [0.25, 0.3) is 0 Å². The largest absolute Gasteiger partial charge is 0.481 e. The van der Waals surface area contributed by atoms with Crippen molar-refractivity contribution in [3.8, 4) is 0 Å². The molecule has 0 aliphatic rings. The highest BCUT2D eigenvalue weighted by Crippen LogP contribution is 2.07. The van der Waals surface area contributed by atoms with Gasteiger partial charge < -0.3 is 15.7 Å². The van der Waals surface area contributed by atoms with Crippen LogP contribution in [0.3, 0.4) is 0 Å². The van der Waals surface area contributed by atoms with Crippen molar-refractivity contribution >= 4 is 17.8 Å². The second kappa shape index (κ2) is 8.31. The number of carbonyl (C=O) groups is 3. The lowest BCUT2D eigenvalue weighted by Gasteiger charge is -2.23. The molecule has 2 unspecified atom stereocenters. The zero-order valence-corrected chi connectivity index (χ0v) is 13.9. The number of rotatable bonds is 7. The summed E-state index contributed by atoms with van der Waals surface area (Å²) in [5, 5.41) is 14.1. The van der Waals surface area contributed by atoms with Gasteiger partial charge in [-0.3, -0.25) is 14.4 Å². The van der Waals surface area contributed by atoms with Crippen molar-refractivity contribution in [2.45, 2.75) is 46.2 Å². The highest BCUT2D eigenvalue weighted by Gasteiger charge is 2.26. The Bertz CT molecular complexity index is 566. The van der Waals surface area contributed by atoms with Crippen LogP contribution in [0.15, 0.2) is 24.3 Å². The van der Waals surface area contributed by atoms with Crippen molar-refractivity contribution in [3.05, 3.63) is 35.4 Å². The molecular weight excluding hydrogens is 296 g/mol. The molecule has 0 fully saturated rings. The zero-order valence-electron chi connectivity index (χ0n) is 13.9. The van der Waals surface area contributed by atoms with E-state index in [1.54, 1.807) is 19.1 Å². The van der Waals surface area contributed by atoms with Gasteiger partial charge in [0.15, 0.2) is 0 Å². The van der Waals surface area contributed by atoms with Crippen molar-refractivity contribution in [1.82, 2.24) is 10.6 Å². The Kier molecular flexibility index (Phi) is 6.75. The molecule has 126 valence electrons. The monoisotopic (exact) mass is 320 g/mol. The van der Waals surface area contributed by atoms with Crippen LogP contribution in [-0.2, 0) is 9.59 Å². The summed E-state index contributed by atoms with van der Waals surface area (Å²) in [5.74, 6) is -1.82. The number of hydrogen-bond acceptors (Lipinski definition) is 3. The molecule has 2 atom stereocenters. The molecule has 0 bridgehead atoms. The predicted octanol–water partition coefficient (Wildman–Crippen LogP) is 1.73. The quantitative estimate of drug-likeness (QED) is 0.713. The van der Waals surface area contributed by atoms with E-state index in [4.69, 9.17) is 5.11 Å².